The number of nitrogens with zero attached hydrogens (tertiary/aromatic N) is 1. The van der Waals surface area contributed by atoms with Crippen LogP contribution < -0.4 is 19.5 Å². The summed E-state index contributed by atoms with van der Waals surface area (Å²) in [7, 11) is 3.28. The standard InChI is InChI=1S/C17H21BrN2O3/c1-21-15-8-7-14(18)13(17(15)22-2)12-19-9-5-11-23-16-6-3-4-10-20-16/h3-4,6-8,10,19H,5,9,11-12H2,1-2H3. The molecule has 2 rings (SSSR count). The van der Waals surface area contributed by atoms with Gasteiger partial charge in [0.05, 0.1) is 20.8 Å². The zero-order valence-electron chi connectivity index (χ0n) is 13.3. The Labute approximate surface area is 145 Å². The highest BCUT2D eigenvalue weighted by Crippen LogP contribution is 2.35. The molecule has 1 aromatic heterocycles. The predicted octanol–water partition coefficient (Wildman–Crippen LogP) is 3.42. The van der Waals surface area contributed by atoms with Gasteiger partial charge in [-0.25, -0.2) is 4.98 Å². The average molecular weight is 381 g/mol. The number of hydrogen-bond acceptors (Lipinski definition) is 5. The lowest BCUT2D eigenvalue weighted by molar-refractivity contribution is 0.296. The fourth-order valence-corrected chi connectivity index (χ4v) is 2.60. The first-order chi connectivity index (χ1) is 11.3. The quantitative estimate of drug-likeness (QED) is 0.675. The average Bonchev–Trinajstić information content (AvgIpc) is 2.59. The summed E-state index contributed by atoms with van der Waals surface area (Å²) in [5.41, 5.74) is 1.04. The molecular formula is C17H21BrN2O3. The smallest absolute Gasteiger partial charge is 0.213 e. The molecule has 0 aliphatic heterocycles. The minimum atomic E-state index is 0.625. The molecule has 2 aromatic rings. The summed E-state index contributed by atoms with van der Waals surface area (Å²) >= 11 is 3.56. The van der Waals surface area contributed by atoms with Crippen molar-refractivity contribution in [1.29, 1.82) is 0 Å². The number of benzene rings is 1. The topological polar surface area (TPSA) is 52.6 Å². The van der Waals surface area contributed by atoms with Crippen molar-refractivity contribution in [2.45, 2.75) is 13.0 Å². The molecule has 0 saturated heterocycles. The molecule has 0 saturated carbocycles. The van der Waals surface area contributed by atoms with Crippen LogP contribution in [0.2, 0.25) is 0 Å². The van der Waals surface area contributed by atoms with E-state index in [1.807, 2.05) is 30.3 Å². The van der Waals surface area contributed by atoms with Crippen LogP contribution >= 0.6 is 15.9 Å². The minimum Gasteiger partial charge on any atom is -0.493 e. The van der Waals surface area contributed by atoms with Gasteiger partial charge < -0.3 is 19.5 Å². The lowest BCUT2D eigenvalue weighted by Gasteiger charge is -2.15. The van der Waals surface area contributed by atoms with Crippen molar-refractivity contribution in [1.82, 2.24) is 10.3 Å². The fourth-order valence-electron chi connectivity index (χ4n) is 2.15. The van der Waals surface area contributed by atoms with Gasteiger partial charge in [-0.1, -0.05) is 22.0 Å². The van der Waals surface area contributed by atoms with Crippen molar-refractivity contribution in [3.8, 4) is 17.4 Å². The summed E-state index contributed by atoms with van der Waals surface area (Å²) in [6.45, 7) is 2.14. The second-order valence-corrected chi connectivity index (χ2v) is 5.66. The van der Waals surface area contributed by atoms with E-state index in [0.29, 0.717) is 19.0 Å². The van der Waals surface area contributed by atoms with E-state index in [1.54, 1.807) is 20.4 Å². The molecule has 23 heavy (non-hydrogen) atoms. The summed E-state index contributed by atoms with van der Waals surface area (Å²) in [6, 6.07) is 9.47. The largest absolute Gasteiger partial charge is 0.493 e. The van der Waals surface area contributed by atoms with Crippen LogP contribution in [0.15, 0.2) is 41.0 Å². The van der Waals surface area contributed by atoms with Gasteiger partial charge in [0.1, 0.15) is 0 Å². The highest BCUT2D eigenvalue weighted by molar-refractivity contribution is 9.10. The van der Waals surface area contributed by atoms with Crippen LogP contribution in [0.3, 0.4) is 0 Å². The summed E-state index contributed by atoms with van der Waals surface area (Å²) in [5.74, 6) is 2.13. The molecule has 0 unspecified atom stereocenters. The summed E-state index contributed by atoms with van der Waals surface area (Å²) in [4.78, 5) is 4.12. The number of halogens is 1. The van der Waals surface area contributed by atoms with Crippen molar-refractivity contribution >= 4 is 15.9 Å². The van der Waals surface area contributed by atoms with Gasteiger partial charge >= 0.3 is 0 Å². The maximum absolute atomic E-state index is 5.56. The van der Waals surface area contributed by atoms with E-state index in [0.717, 1.165) is 34.5 Å². The van der Waals surface area contributed by atoms with Gasteiger partial charge in [0.25, 0.3) is 0 Å². The maximum atomic E-state index is 5.56. The molecule has 0 radical (unpaired) electrons. The van der Waals surface area contributed by atoms with Crippen molar-refractivity contribution in [2.24, 2.45) is 0 Å². The normalized spacial score (nSPS) is 10.4. The zero-order valence-corrected chi connectivity index (χ0v) is 14.9. The van der Waals surface area contributed by atoms with Crippen LogP contribution in [0.25, 0.3) is 0 Å². The molecule has 0 aliphatic rings. The zero-order chi connectivity index (χ0) is 16.5. The van der Waals surface area contributed by atoms with Crippen LogP contribution in [-0.4, -0.2) is 32.4 Å². The molecule has 0 atom stereocenters. The van der Waals surface area contributed by atoms with E-state index in [4.69, 9.17) is 14.2 Å². The van der Waals surface area contributed by atoms with Crippen LogP contribution in [0.5, 0.6) is 17.4 Å². The lowest BCUT2D eigenvalue weighted by Crippen LogP contribution is -2.18. The SMILES string of the molecule is COc1ccc(Br)c(CNCCCOc2ccccn2)c1OC. The number of nitrogens with one attached hydrogen (secondary N) is 1. The Bertz CT molecular complexity index is 608. The first-order valence-electron chi connectivity index (χ1n) is 7.40. The highest BCUT2D eigenvalue weighted by Gasteiger charge is 2.13. The minimum absolute atomic E-state index is 0.625. The Kier molecular flexibility index (Phi) is 7.16. The van der Waals surface area contributed by atoms with Crippen LogP contribution in [-0.2, 0) is 6.54 Å². The molecule has 124 valence electrons. The van der Waals surface area contributed by atoms with Gasteiger partial charge in [-0.2, -0.15) is 0 Å². The second kappa shape index (κ2) is 9.37. The van der Waals surface area contributed by atoms with Gasteiger partial charge in [0.2, 0.25) is 5.88 Å². The number of methoxy groups -OCH3 is 2. The molecule has 0 fully saturated rings. The van der Waals surface area contributed by atoms with Gasteiger partial charge in [-0.05, 0) is 31.2 Å². The molecule has 0 bridgehead atoms. The van der Waals surface area contributed by atoms with Crippen LogP contribution in [0.1, 0.15) is 12.0 Å². The van der Waals surface area contributed by atoms with E-state index < -0.39 is 0 Å². The fraction of sp³-hybridized carbons (Fsp3) is 0.353. The van der Waals surface area contributed by atoms with E-state index >= 15 is 0 Å². The first kappa shape index (κ1) is 17.6. The van der Waals surface area contributed by atoms with E-state index in [-0.39, 0.29) is 0 Å². The number of pyridine rings is 1. The summed E-state index contributed by atoms with van der Waals surface area (Å²) in [5, 5.41) is 3.39. The molecule has 6 heteroatoms. The Hall–Kier alpha value is -1.79. The molecule has 1 aromatic carbocycles. The van der Waals surface area contributed by atoms with Crippen molar-refractivity contribution < 1.29 is 14.2 Å². The van der Waals surface area contributed by atoms with Crippen molar-refractivity contribution in [2.75, 3.05) is 27.4 Å². The number of ether oxygens (including phenoxy) is 3. The Morgan fingerprint density at radius 3 is 2.70 bits per heavy atom. The van der Waals surface area contributed by atoms with Crippen LogP contribution in [0, 0.1) is 0 Å². The molecule has 0 spiro atoms. The number of rotatable bonds is 9. The molecule has 0 aliphatic carbocycles. The third kappa shape index (κ3) is 5.11. The third-order valence-corrected chi connectivity index (χ3v) is 4.02. The second-order valence-electron chi connectivity index (χ2n) is 4.81. The predicted molar refractivity (Wildman–Crippen MR) is 93.3 cm³/mol. The molecule has 1 heterocycles. The molecular weight excluding hydrogens is 360 g/mol. The van der Waals surface area contributed by atoms with Crippen LogP contribution in [0.4, 0.5) is 0 Å². The first-order valence-corrected chi connectivity index (χ1v) is 8.19. The van der Waals surface area contributed by atoms with E-state index in [2.05, 4.69) is 26.2 Å². The monoisotopic (exact) mass is 380 g/mol. The number of aromatic nitrogens is 1. The van der Waals surface area contributed by atoms with Gasteiger partial charge in [-0.15, -0.1) is 0 Å². The Balaban J connectivity index is 1.78. The highest BCUT2D eigenvalue weighted by atomic mass is 79.9. The lowest BCUT2D eigenvalue weighted by atomic mass is 10.2. The Morgan fingerprint density at radius 2 is 2.00 bits per heavy atom. The van der Waals surface area contributed by atoms with Crippen molar-refractivity contribution in [3.63, 3.8) is 0 Å². The molecule has 1 N–H and O–H groups in total. The number of hydrogen-bond donors (Lipinski definition) is 1. The van der Waals surface area contributed by atoms with Gasteiger partial charge in [-0.3, -0.25) is 0 Å². The maximum Gasteiger partial charge on any atom is 0.213 e. The third-order valence-electron chi connectivity index (χ3n) is 3.28. The van der Waals surface area contributed by atoms with E-state index in [1.165, 1.54) is 0 Å². The molecule has 0 amide bonds. The van der Waals surface area contributed by atoms with Crippen molar-refractivity contribution in [3.05, 3.63) is 46.6 Å². The molecule has 5 nitrogen and oxygen atoms in total. The van der Waals surface area contributed by atoms with E-state index in [9.17, 15) is 0 Å². The van der Waals surface area contributed by atoms with Gasteiger partial charge in [0, 0.05) is 28.8 Å². The summed E-state index contributed by atoms with van der Waals surface area (Å²) < 4.78 is 17.3. The summed E-state index contributed by atoms with van der Waals surface area (Å²) in [6.07, 6.45) is 2.61. The Morgan fingerprint density at radius 1 is 1.13 bits per heavy atom. The van der Waals surface area contributed by atoms with Gasteiger partial charge in [0.15, 0.2) is 11.5 Å².